The van der Waals surface area contributed by atoms with Crippen molar-refractivity contribution in [1.82, 2.24) is 20.6 Å². The van der Waals surface area contributed by atoms with E-state index < -0.39 is 0 Å². The van der Waals surface area contributed by atoms with Gasteiger partial charge in [0.15, 0.2) is 0 Å². The molecule has 2 heterocycles. The Morgan fingerprint density at radius 2 is 1.83 bits per heavy atom. The van der Waals surface area contributed by atoms with E-state index in [-0.39, 0.29) is 12.0 Å². The second-order valence-electron chi connectivity index (χ2n) is 7.33. The average Bonchev–Trinajstić information content (AvgIpc) is 3.17. The first-order valence-electron chi connectivity index (χ1n) is 9.79. The maximum atomic E-state index is 6.05. The van der Waals surface area contributed by atoms with Crippen molar-refractivity contribution in [2.24, 2.45) is 0 Å². The topological polar surface area (TPSA) is 77.9 Å². The zero-order valence-electron chi connectivity index (χ0n) is 16.3. The first kappa shape index (κ1) is 17.8. The molecule has 5 nitrogen and oxygen atoms in total. The number of anilines is 1. The van der Waals surface area contributed by atoms with Gasteiger partial charge in [0.2, 0.25) is 5.95 Å². The normalized spacial score (nSPS) is 15.6. The van der Waals surface area contributed by atoms with Crippen LogP contribution in [0.2, 0.25) is 0 Å². The second kappa shape index (κ2) is 7.28. The number of nitrogens with zero attached hydrogens (tertiary/aromatic N) is 3. The molecule has 5 heteroatoms. The number of hydrogen-bond donors (Lipinski definition) is 2. The minimum absolute atomic E-state index is 0.109. The van der Waals surface area contributed by atoms with Crippen LogP contribution >= 0.6 is 0 Å². The van der Waals surface area contributed by atoms with Gasteiger partial charge in [0.25, 0.3) is 0 Å². The van der Waals surface area contributed by atoms with Gasteiger partial charge < -0.3 is 11.1 Å². The van der Waals surface area contributed by atoms with Crippen molar-refractivity contribution in [2.45, 2.75) is 19.1 Å². The molecule has 1 atom stereocenters. The van der Waals surface area contributed by atoms with E-state index in [1.807, 2.05) is 13.1 Å². The molecule has 5 rings (SSSR count). The van der Waals surface area contributed by atoms with Crippen LogP contribution in [0, 0.1) is 0 Å². The smallest absolute Gasteiger partial charge is 0.220 e. The summed E-state index contributed by atoms with van der Waals surface area (Å²) in [6, 6.07) is 23.0. The van der Waals surface area contributed by atoms with E-state index in [4.69, 9.17) is 11.1 Å². The predicted octanol–water partition coefficient (Wildman–Crippen LogP) is 3.81. The van der Waals surface area contributed by atoms with E-state index >= 15 is 0 Å². The van der Waals surface area contributed by atoms with Crippen LogP contribution in [-0.2, 0) is 13.1 Å². The maximum absolute atomic E-state index is 6.05. The third-order valence-corrected chi connectivity index (χ3v) is 5.49. The summed E-state index contributed by atoms with van der Waals surface area (Å²) in [5.74, 6) is 0.287. The lowest BCUT2D eigenvalue weighted by Crippen LogP contribution is -2.11. The highest BCUT2D eigenvalue weighted by Gasteiger charge is 2.27. The number of nitrogens with one attached hydrogen (secondary N) is 1. The highest BCUT2D eigenvalue weighted by Crippen LogP contribution is 2.36. The monoisotopic (exact) mass is 380 g/mol. The molecule has 1 aromatic heterocycles. The number of fused-ring (bicyclic) bond motifs is 2. The SMILES string of the molecule is CNCc1ccccc1-c1ccc2nc(N)nc(C3[N]Cc4ccccc43)c2c1. The first-order valence-corrected chi connectivity index (χ1v) is 9.79. The lowest BCUT2D eigenvalue weighted by Gasteiger charge is -2.15. The minimum atomic E-state index is -0.109. The van der Waals surface area contributed by atoms with E-state index in [1.54, 1.807) is 0 Å². The summed E-state index contributed by atoms with van der Waals surface area (Å²) in [5, 5.41) is 9.11. The number of aromatic nitrogens is 2. The molecule has 1 aliphatic rings. The van der Waals surface area contributed by atoms with Crippen LogP contribution in [0.25, 0.3) is 22.0 Å². The van der Waals surface area contributed by atoms with Crippen LogP contribution in [0.15, 0.2) is 66.7 Å². The minimum Gasteiger partial charge on any atom is -0.368 e. The van der Waals surface area contributed by atoms with Crippen LogP contribution in [0.5, 0.6) is 0 Å². The molecule has 0 fully saturated rings. The van der Waals surface area contributed by atoms with E-state index in [0.29, 0.717) is 6.54 Å². The molecule has 0 amide bonds. The third-order valence-electron chi connectivity index (χ3n) is 5.49. The standard InChI is InChI=1S/C24H22N5/c1-26-13-16-6-2-4-8-18(16)15-10-11-21-20(12-15)23(29-24(25)28-21)22-19-9-5-3-7-17(19)14-27-22/h2-12,22,26H,13-14H2,1H3,(H2,25,28,29). The van der Waals surface area contributed by atoms with Gasteiger partial charge in [-0.3, -0.25) is 0 Å². The van der Waals surface area contributed by atoms with Gasteiger partial charge in [-0.25, -0.2) is 15.3 Å². The van der Waals surface area contributed by atoms with Crippen molar-refractivity contribution >= 4 is 16.9 Å². The summed E-state index contributed by atoms with van der Waals surface area (Å²) in [7, 11) is 1.96. The molecule has 0 saturated heterocycles. The van der Waals surface area contributed by atoms with Crippen molar-refractivity contribution in [3.63, 3.8) is 0 Å². The van der Waals surface area contributed by atoms with Crippen LogP contribution < -0.4 is 16.4 Å². The van der Waals surface area contributed by atoms with E-state index in [0.717, 1.165) is 28.7 Å². The predicted molar refractivity (Wildman–Crippen MR) is 116 cm³/mol. The molecule has 0 bridgehead atoms. The van der Waals surface area contributed by atoms with Crippen LogP contribution in [0.3, 0.4) is 0 Å². The zero-order valence-corrected chi connectivity index (χ0v) is 16.3. The highest BCUT2D eigenvalue weighted by molar-refractivity contribution is 5.88. The fourth-order valence-electron chi connectivity index (χ4n) is 4.16. The van der Waals surface area contributed by atoms with E-state index in [1.165, 1.54) is 22.3 Å². The number of nitrogens with two attached hydrogens (primary N) is 1. The Kier molecular flexibility index (Phi) is 4.46. The molecular formula is C24H22N5. The van der Waals surface area contributed by atoms with E-state index in [2.05, 4.69) is 75.9 Å². The summed E-state index contributed by atoms with van der Waals surface area (Å²) in [6.45, 7) is 1.52. The fraction of sp³-hybridized carbons (Fsp3) is 0.167. The van der Waals surface area contributed by atoms with Gasteiger partial charge >= 0.3 is 0 Å². The lowest BCUT2D eigenvalue weighted by molar-refractivity contribution is 0.640. The highest BCUT2D eigenvalue weighted by atomic mass is 15.0. The number of hydrogen-bond acceptors (Lipinski definition) is 4. The summed E-state index contributed by atoms with van der Waals surface area (Å²) in [6.07, 6.45) is 0. The van der Waals surface area contributed by atoms with Gasteiger partial charge in [0, 0.05) is 18.5 Å². The molecular weight excluding hydrogens is 358 g/mol. The maximum Gasteiger partial charge on any atom is 0.220 e. The Balaban J connectivity index is 1.69. The lowest BCUT2D eigenvalue weighted by atomic mass is 9.95. The van der Waals surface area contributed by atoms with Crippen LogP contribution in [0.1, 0.15) is 28.4 Å². The van der Waals surface area contributed by atoms with Crippen molar-refractivity contribution in [3.8, 4) is 11.1 Å². The van der Waals surface area contributed by atoms with Crippen LogP contribution in [-0.4, -0.2) is 17.0 Å². The van der Waals surface area contributed by atoms with Crippen molar-refractivity contribution < 1.29 is 0 Å². The van der Waals surface area contributed by atoms with Crippen molar-refractivity contribution in [3.05, 3.63) is 89.1 Å². The van der Waals surface area contributed by atoms with Crippen LogP contribution in [0.4, 0.5) is 5.95 Å². The summed E-state index contributed by atoms with van der Waals surface area (Å²) in [4.78, 5) is 9.11. The molecule has 29 heavy (non-hydrogen) atoms. The van der Waals surface area contributed by atoms with Gasteiger partial charge in [0.05, 0.1) is 17.3 Å². The summed E-state index contributed by atoms with van der Waals surface area (Å²) >= 11 is 0. The van der Waals surface area contributed by atoms with Gasteiger partial charge in [-0.15, -0.1) is 0 Å². The Morgan fingerprint density at radius 1 is 1.00 bits per heavy atom. The van der Waals surface area contributed by atoms with Gasteiger partial charge in [-0.05, 0) is 47.0 Å². The number of benzene rings is 3. The Labute approximate surface area is 170 Å². The number of rotatable bonds is 4. The zero-order chi connectivity index (χ0) is 19.8. The van der Waals surface area contributed by atoms with Gasteiger partial charge in [0.1, 0.15) is 0 Å². The Bertz CT molecular complexity index is 1200. The summed E-state index contributed by atoms with van der Waals surface area (Å²) in [5.41, 5.74) is 13.8. The molecule has 1 unspecified atom stereocenters. The molecule has 3 aromatic carbocycles. The molecule has 1 aliphatic heterocycles. The van der Waals surface area contributed by atoms with Gasteiger partial charge in [-0.2, -0.15) is 0 Å². The van der Waals surface area contributed by atoms with Crippen molar-refractivity contribution in [1.29, 1.82) is 0 Å². The Hall–Kier alpha value is -3.28. The quantitative estimate of drug-likeness (QED) is 0.564. The fourth-order valence-corrected chi connectivity index (χ4v) is 4.16. The third kappa shape index (κ3) is 3.14. The first-order chi connectivity index (χ1) is 14.2. The molecule has 1 radical (unpaired) electrons. The second-order valence-corrected chi connectivity index (χ2v) is 7.33. The molecule has 143 valence electrons. The molecule has 0 saturated carbocycles. The molecule has 0 spiro atoms. The largest absolute Gasteiger partial charge is 0.368 e. The van der Waals surface area contributed by atoms with Gasteiger partial charge in [-0.1, -0.05) is 54.6 Å². The van der Waals surface area contributed by atoms with E-state index in [9.17, 15) is 0 Å². The number of nitrogen functional groups attached to an aromatic ring is 1. The van der Waals surface area contributed by atoms with Crippen molar-refractivity contribution in [2.75, 3.05) is 12.8 Å². The summed E-state index contributed by atoms with van der Waals surface area (Å²) < 4.78 is 0. The molecule has 0 aliphatic carbocycles. The molecule has 4 aromatic rings. The average molecular weight is 380 g/mol. The molecule has 3 N–H and O–H groups in total. The Morgan fingerprint density at radius 3 is 2.72 bits per heavy atom.